The van der Waals surface area contributed by atoms with Gasteiger partial charge < -0.3 is 15.8 Å². The van der Waals surface area contributed by atoms with Gasteiger partial charge in [-0.05, 0) is 41.7 Å². The molecule has 0 radical (unpaired) electrons. The van der Waals surface area contributed by atoms with E-state index in [2.05, 4.69) is 20.0 Å². The fraction of sp³-hybridized carbons (Fsp3) is 0.192. The van der Waals surface area contributed by atoms with Gasteiger partial charge in [-0.3, -0.25) is 10.2 Å². The molecule has 0 spiro atoms. The molecule has 0 bridgehead atoms. The van der Waals surface area contributed by atoms with Crippen LogP contribution in [0.25, 0.3) is 6.08 Å². The summed E-state index contributed by atoms with van der Waals surface area (Å²) in [5.74, 6) is -1.09. The summed E-state index contributed by atoms with van der Waals surface area (Å²) < 4.78 is 4.66. The highest BCUT2D eigenvalue weighted by atomic mass is 16.5. The summed E-state index contributed by atoms with van der Waals surface area (Å²) in [6, 6.07) is 13.6. The summed E-state index contributed by atoms with van der Waals surface area (Å²) in [5.41, 5.74) is 10.9. The minimum Gasteiger partial charge on any atom is -0.464 e. The number of hydrogen-bond acceptors (Lipinski definition) is 8. The lowest BCUT2D eigenvalue weighted by Gasteiger charge is -2.28. The number of ketones is 1. The molecule has 8 heteroatoms. The largest absolute Gasteiger partial charge is 0.464 e. The fourth-order valence-electron chi connectivity index (χ4n) is 4.32. The molecule has 0 saturated heterocycles. The van der Waals surface area contributed by atoms with Gasteiger partial charge in [0.15, 0.2) is 11.5 Å². The highest BCUT2D eigenvalue weighted by Gasteiger charge is 2.33. The van der Waals surface area contributed by atoms with E-state index in [4.69, 9.17) is 11.1 Å². The average Bonchev–Trinajstić information content (AvgIpc) is 2.82. The Labute approximate surface area is 197 Å². The molecule has 2 aromatic carbocycles. The molecule has 0 fully saturated rings. The molecule has 1 aliphatic carbocycles. The van der Waals surface area contributed by atoms with Crippen LogP contribution in [0.15, 0.2) is 54.4 Å². The maximum Gasteiger partial charge on any atom is 0.356 e. The number of esters is 1. The van der Waals surface area contributed by atoms with Gasteiger partial charge in [0.2, 0.25) is 0 Å². The summed E-state index contributed by atoms with van der Waals surface area (Å²) in [5, 5.41) is 11.3. The van der Waals surface area contributed by atoms with E-state index in [0.29, 0.717) is 0 Å². The number of hydrogen-bond donors (Lipinski definition) is 3. The van der Waals surface area contributed by atoms with Crippen LogP contribution in [0.1, 0.15) is 44.1 Å². The number of methoxy groups -OCH3 is 1. The zero-order chi connectivity index (χ0) is 24.4. The number of nitrogens with one attached hydrogen (secondary N) is 2. The standard InChI is InChI=1S/C26H25N5O3/c1-14-7-4-5-10-18(14)20-17(11-16-9-6-8-15(2)19(16)23(20)32)12-29-25-21(22(27)26(33)34-3)24(28)30-13-31-25/h4-11,13,20,27H,12H2,1-3H3,(H3,28,29,30,31). The normalized spacial score (nSPS) is 14.7. The van der Waals surface area contributed by atoms with E-state index in [1.807, 2.05) is 62.4 Å². The van der Waals surface area contributed by atoms with E-state index in [9.17, 15) is 9.59 Å². The second-order valence-electron chi connectivity index (χ2n) is 8.11. The third kappa shape index (κ3) is 4.05. The summed E-state index contributed by atoms with van der Waals surface area (Å²) in [7, 11) is 1.19. The molecule has 0 aliphatic heterocycles. The summed E-state index contributed by atoms with van der Waals surface area (Å²) >= 11 is 0. The molecule has 4 N–H and O–H groups in total. The molecule has 3 aromatic rings. The topological polar surface area (TPSA) is 131 Å². The molecule has 1 aromatic heterocycles. The van der Waals surface area contributed by atoms with Gasteiger partial charge in [-0.2, -0.15) is 0 Å². The van der Waals surface area contributed by atoms with Gasteiger partial charge in [-0.1, -0.05) is 48.5 Å². The van der Waals surface area contributed by atoms with Crippen molar-refractivity contribution in [2.24, 2.45) is 0 Å². The van der Waals surface area contributed by atoms with E-state index < -0.39 is 17.6 Å². The van der Waals surface area contributed by atoms with Crippen molar-refractivity contribution >= 4 is 35.2 Å². The van der Waals surface area contributed by atoms with E-state index in [1.165, 1.54) is 13.4 Å². The molecule has 34 heavy (non-hydrogen) atoms. The number of anilines is 2. The van der Waals surface area contributed by atoms with E-state index in [1.54, 1.807) is 0 Å². The van der Waals surface area contributed by atoms with Crippen molar-refractivity contribution in [2.45, 2.75) is 19.8 Å². The Morgan fingerprint density at radius 3 is 2.59 bits per heavy atom. The summed E-state index contributed by atoms with van der Waals surface area (Å²) in [6.45, 7) is 4.18. The molecule has 8 nitrogen and oxygen atoms in total. The first-order valence-corrected chi connectivity index (χ1v) is 10.7. The Bertz CT molecular complexity index is 1350. The van der Waals surface area contributed by atoms with E-state index in [-0.39, 0.29) is 29.5 Å². The summed E-state index contributed by atoms with van der Waals surface area (Å²) in [4.78, 5) is 33.8. The number of rotatable bonds is 6. The second-order valence-corrected chi connectivity index (χ2v) is 8.11. The monoisotopic (exact) mass is 455 g/mol. The van der Waals surface area contributed by atoms with Gasteiger partial charge in [-0.15, -0.1) is 0 Å². The van der Waals surface area contributed by atoms with Crippen LogP contribution >= 0.6 is 0 Å². The minimum atomic E-state index is -0.848. The first-order chi connectivity index (χ1) is 16.3. The molecule has 1 atom stereocenters. The first-order valence-electron chi connectivity index (χ1n) is 10.7. The lowest BCUT2D eigenvalue weighted by atomic mass is 9.76. The lowest BCUT2D eigenvalue weighted by Crippen LogP contribution is -2.26. The van der Waals surface area contributed by atoms with E-state index >= 15 is 0 Å². The van der Waals surface area contributed by atoms with Crippen LogP contribution in [0.5, 0.6) is 0 Å². The number of aromatic nitrogens is 2. The third-order valence-corrected chi connectivity index (χ3v) is 6.00. The molecule has 0 amide bonds. The predicted molar refractivity (Wildman–Crippen MR) is 131 cm³/mol. The number of nitrogens with zero attached hydrogens (tertiary/aromatic N) is 2. The fourth-order valence-corrected chi connectivity index (χ4v) is 4.32. The number of carbonyl (C=O) groups is 2. The Balaban J connectivity index is 1.77. The Kier molecular flexibility index (Phi) is 6.23. The number of aryl methyl sites for hydroxylation is 2. The predicted octanol–water partition coefficient (Wildman–Crippen LogP) is 3.69. The van der Waals surface area contributed by atoms with Crippen LogP contribution in [0, 0.1) is 19.3 Å². The molecule has 4 rings (SSSR count). The third-order valence-electron chi connectivity index (χ3n) is 6.00. The molecule has 1 aliphatic rings. The van der Waals surface area contributed by atoms with Gasteiger partial charge in [0.1, 0.15) is 18.0 Å². The number of benzene rings is 2. The lowest BCUT2D eigenvalue weighted by molar-refractivity contribution is -0.132. The van der Waals surface area contributed by atoms with Crippen LogP contribution in [0.2, 0.25) is 0 Å². The van der Waals surface area contributed by atoms with Crippen molar-refractivity contribution in [3.8, 4) is 0 Å². The Morgan fingerprint density at radius 2 is 1.85 bits per heavy atom. The van der Waals surface area contributed by atoms with Crippen molar-refractivity contribution in [1.29, 1.82) is 5.41 Å². The smallest absolute Gasteiger partial charge is 0.356 e. The first kappa shape index (κ1) is 22.8. The average molecular weight is 456 g/mol. The SMILES string of the molecule is COC(=O)C(=N)c1c(N)ncnc1NCC1=Cc2cccc(C)c2C(=O)C1c1ccccc1C. The van der Waals surface area contributed by atoms with Gasteiger partial charge in [-0.25, -0.2) is 14.8 Å². The number of nitrogens with two attached hydrogens (primary N) is 1. The zero-order valence-corrected chi connectivity index (χ0v) is 19.2. The molecular weight excluding hydrogens is 430 g/mol. The van der Waals surface area contributed by atoms with Gasteiger partial charge >= 0.3 is 5.97 Å². The summed E-state index contributed by atoms with van der Waals surface area (Å²) in [6.07, 6.45) is 3.27. The number of carbonyl (C=O) groups excluding carboxylic acids is 2. The van der Waals surface area contributed by atoms with Crippen LogP contribution in [0.3, 0.4) is 0 Å². The zero-order valence-electron chi connectivity index (χ0n) is 19.2. The van der Waals surface area contributed by atoms with Crippen molar-refractivity contribution < 1.29 is 14.3 Å². The van der Waals surface area contributed by atoms with Gasteiger partial charge in [0.25, 0.3) is 0 Å². The Morgan fingerprint density at radius 1 is 1.12 bits per heavy atom. The molecule has 1 heterocycles. The second kappa shape index (κ2) is 9.27. The van der Waals surface area contributed by atoms with E-state index in [0.717, 1.165) is 33.4 Å². The van der Waals surface area contributed by atoms with Crippen LogP contribution in [-0.4, -0.2) is 41.1 Å². The van der Waals surface area contributed by atoms with Crippen molar-refractivity contribution in [2.75, 3.05) is 24.7 Å². The Hall–Kier alpha value is -4.33. The van der Waals surface area contributed by atoms with Crippen LogP contribution in [-0.2, 0) is 9.53 Å². The number of Topliss-reactive ketones (excluding diaryl/α,β-unsaturated/α-hetero) is 1. The van der Waals surface area contributed by atoms with Gasteiger partial charge in [0.05, 0.1) is 18.6 Å². The maximum atomic E-state index is 13.8. The highest BCUT2D eigenvalue weighted by molar-refractivity contribution is 6.44. The minimum absolute atomic E-state index is 0.0157. The van der Waals surface area contributed by atoms with Crippen LogP contribution < -0.4 is 11.1 Å². The van der Waals surface area contributed by atoms with Gasteiger partial charge in [0, 0.05) is 12.1 Å². The maximum absolute atomic E-state index is 13.8. The van der Waals surface area contributed by atoms with Crippen molar-refractivity contribution in [1.82, 2.24) is 9.97 Å². The molecule has 0 saturated carbocycles. The quantitative estimate of drug-likeness (QED) is 0.381. The van der Waals surface area contributed by atoms with Crippen molar-refractivity contribution in [3.63, 3.8) is 0 Å². The van der Waals surface area contributed by atoms with Crippen molar-refractivity contribution in [3.05, 3.63) is 87.7 Å². The molecular formula is C26H25N5O3. The molecule has 1 unspecified atom stereocenters. The number of fused-ring (bicyclic) bond motifs is 1. The van der Waals surface area contributed by atoms with Crippen LogP contribution in [0.4, 0.5) is 11.6 Å². The number of ether oxygens (including phenoxy) is 1. The molecule has 172 valence electrons. The number of nitrogen functional groups attached to an aromatic ring is 1. The highest BCUT2D eigenvalue weighted by Crippen LogP contribution is 2.38.